The average molecular weight is 254 g/mol. The van der Waals surface area contributed by atoms with Gasteiger partial charge in [0.1, 0.15) is 5.60 Å². The van der Waals surface area contributed by atoms with Gasteiger partial charge in [0.2, 0.25) is 0 Å². The molecule has 1 amide bonds. The van der Waals surface area contributed by atoms with Crippen molar-refractivity contribution in [3.05, 3.63) is 0 Å². The Morgan fingerprint density at radius 2 is 2.06 bits per heavy atom. The SMILES string of the molecule is CC1CN(C(=O)OC(C)(C)C)CC2CCCNC12. The Balaban J connectivity index is 1.97. The molecule has 3 atom stereocenters. The van der Waals surface area contributed by atoms with Gasteiger partial charge in [-0.05, 0) is 52.0 Å². The fraction of sp³-hybridized carbons (Fsp3) is 0.929. The highest BCUT2D eigenvalue weighted by Gasteiger charge is 2.38. The van der Waals surface area contributed by atoms with Crippen LogP contribution in [0.25, 0.3) is 0 Å². The monoisotopic (exact) mass is 254 g/mol. The highest BCUT2D eigenvalue weighted by molar-refractivity contribution is 5.68. The van der Waals surface area contributed by atoms with E-state index in [-0.39, 0.29) is 6.09 Å². The van der Waals surface area contributed by atoms with E-state index in [1.54, 1.807) is 0 Å². The van der Waals surface area contributed by atoms with E-state index in [2.05, 4.69) is 12.2 Å². The first-order valence-electron chi connectivity index (χ1n) is 7.08. The maximum absolute atomic E-state index is 12.1. The normalized spacial score (nSPS) is 32.9. The first-order valence-corrected chi connectivity index (χ1v) is 7.08. The predicted octanol–water partition coefficient (Wildman–Crippen LogP) is 2.24. The molecule has 0 aromatic rings. The molecule has 0 aliphatic carbocycles. The maximum atomic E-state index is 12.1. The smallest absolute Gasteiger partial charge is 0.410 e. The number of rotatable bonds is 0. The topological polar surface area (TPSA) is 41.6 Å². The Hall–Kier alpha value is -0.770. The molecule has 0 aromatic heterocycles. The Labute approximate surface area is 110 Å². The van der Waals surface area contributed by atoms with E-state index in [9.17, 15) is 4.79 Å². The van der Waals surface area contributed by atoms with Crippen molar-refractivity contribution >= 4 is 6.09 Å². The number of amides is 1. The van der Waals surface area contributed by atoms with Gasteiger partial charge in [-0.2, -0.15) is 0 Å². The van der Waals surface area contributed by atoms with Gasteiger partial charge in [-0.15, -0.1) is 0 Å². The van der Waals surface area contributed by atoms with Crippen LogP contribution in [0.5, 0.6) is 0 Å². The van der Waals surface area contributed by atoms with Crippen LogP contribution < -0.4 is 5.32 Å². The number of hydrogen-bond donors (Lipinski definition) is 1. The zero-order valence-electron chi connectivity index (χ0n) is 12.0. The number of carbonyl (C=O) groups is 1. The minimum atomic E-state index is -0.401. The third-order valence-electron chi connectivity index (χ3n) is 3.87. The van der Waals surface area contributed by atoms with Crippen molar-refractivity contribution < 1.29 is 9.53 Å². The van der Waals surface area contributed by atoms with Gasteiger partial charge >= 0.3 is 6.09 Å². The van der Waals surface area contributed by atoms with E-state index in [0.717, 1.165) is 19.6 Å². The fourth-order valence-corrected chi connectivity index (χ4v) is 3.14. The van der Waals surface area contributed by atoms with E-state index in [0.29, 0.717) is 17.9 Å². The molecule has 0 spiro atoms. The predicted molar refractivity (Wildman–Crippen MR) is 71.5 cm³/mol. The molecule has 2 fully saturated rings. The van der Waals surface area contributed by atoms with Crippen LogP contribution in [0.15, 0.2) is 0 Å². The fourth-order valence-electron chi connectivity index (χ4n) is 3.14. The Morgan fingerprint density at radius 1 is 1.33 bits per heavy atom. The molecule has 0 aromatic carbocycles. The standard InChI is InChI=1S/C14H26N2O2/c1-10-8-16(13(17)18-14(2,3)4)9-11-6-5-7-15-12(10)11/h10-12,15H,5-9H2,1-4H3. The second-order valence-electron chi connectivity index (χ2n) is 6.74. The van der Waals surface area contributed by atoms with Crippen LogP contribution >= 0.6 is 0 Å². The summed E-state index contributed by atoms with van der Waals surface area (Å²) in [6.07, 6.45) is 2.29. The first kappa shape index (κ1) is 13.7. The second-order valence-corrected chi connectivity index (χ2v) is 6.74. The molecule has 0 saturated carbocycles. The largest absolute Gasteiger partial charge is 0.444 e. The van der Waals surface area contributed by atoms with Crippen LogP contribution in [0.3, 0.4) is 0 Å². The lowest BCUT2D eigenvalue weighted by Crippen LogP contribution is -2.58. The number of carbonyl (C=O) groups excluding carboxylic acids is 1. The summed E-state index contributed by atoms with van der Waals surface area (Å²) in [7, 11) is 0. The van der Waals surface area contributed by atoms with Crippen molar-refractivity contribution in [3.63, 3.8) is 0 Å². The van der Waals surface area contributed by atoms with Crippen molar-refractivity contribution in [2.75, 3.05) is 19.6 Å². The lowest BCUT2D eigenvalue weighted by molar-refractivity contribution is 0.00105. The first-order chi connectivity index (χ1) is 8.37. The quantitative estimate of drug-likeness (QED) is 0.721. The number of hydrogen-bond acceptors (Lipinski definition) is 3. The minimum absolute atomic E-state index is 0.154. The molecule has 3 unspecified atom stereocenters. The van der Waals surface area contributed by atoms with Crippen LogP contribution in [0.1, 0.15) is 40.5 Å². The molecule has 4 heteroatoms. The molecule has 2 rings (SSSR count). The summed E-state index contributed by atoms with van der Waals surface area (Å²) in [6.45, 7) is 10.8. The van der Waals surface area contributed by atoms with Crippen molar-refractivity contribution in [2.45, 2.75) is 52.2 Å². The van der Waals surface area contributed by atoms with Crippen LogP contribution in [0, 0.1) is 11.8 Å². The molecule has 0 bridgehead atoms. The summed E-state index contributed by atoms with van der Waals surface area (Å²) in [4.78, 5) is 14.0. The lowest BCUT2D eigenvalue weighted by atomic mass is 9.80. The van der Waals surface area contributed by atoms with Gasteiger partial charge in [0.05, 0.1) is 0 Å². The van der Waals surface area contributed by atoms with Crippen LogP contribution in [-0.2, 0) is 4.74 Å². The van der Waals surface area contributed by atoms with E-state index in [4.69, 9.17) is 4.74 Å². The van der Waals surface area contributed by atoms with E-state index < -0.39 is 5.60 Å². The number of nitrogens with one attached hydrogen (secondary N) is 1. The van der Waals surface area contributed by atoms with Crippen LogP contribution in [-0.4, -0.2) is 42.3 Å². The van der Waals surface area contributed by atoms with Crippen LogP contribution in [0.2, 0.25) is 0 Å². The van der Waals surface area contributed by atoms with Gasteiger partial charge < -0.3 is 15.0 Å². The number of likely N-dealkylation sites (tertiary alicyclic amines) is 1. The zero-order chi connectivity index (χ0) is 13.3. The zero-order valence-corrected chi connectivity index (χ0v) is 12.0. The van der Waals surface area contributed by atoms with Crippen LogP contribution in [0.4, 0.5) is 4.79 Å². The third-order valence-corrected chi connectivity index (χ3v) is 3.87. The third kappa shape index (κ3) is 3.16. The Bertz CT molecular complexity index is 311. The minimum Gasteiger partial charge on any atom is -0.444 e. The lowest BCUT2D eigenvalue weighted by Gasteiger charge is -2.45. The summed E-state index contributed by atoms with van der Waals surface area (Å²) < 4.78 is 5.47. The molecule has 2 aliphatic rings. The van der Waals surface area contributed by atoms with Gasteiger partial charge in [0, 0.05) is 19.1 Å². The average Bonchev–Trinajstić information content (AvgIpc) is 2.26. The molecule has 0 radical (unpaired) electrons. The van der Waals surface area contributed by atoms with Crippen molar-refractivity contribution in [1.82, 2.24) is 10.2 Å². The number of piperidine rings is 2. The van der Waals surface area contributed by atoms with Gasteiger partial charge in [-0.3, -0.25) is 0 Å². The van der Waals surface area contributed by atoms with Gasteiger partial charge in [-0.1, -0.05) is 6.92 Å². The summed E-state index contributed by atoms with van der Waals surface area (Å²) in [5, 5.41) is 3.60. The van der Waals surface area contributed by atoms with Gasteiger partial charge in [0.15, 0.2) is 0 Å². The van der Waals surface area contributed by atoms with Gasteiger partial charge in [0.25, 0.3) is 0 Å². The molecular formula is C14H26N2O2. The van der Waals surface area contributed by atoms with E-state index in [1.807, 2.05) is 25.7 Å². The van der Waals surface area contributed by atoms with E-state index in [1.165, 1.54) is 12.8 Å². The summed E-state index contributed by atoms with van der Waals surface area (Å²) >= 11 is 0. The Kier molecular flexibility index (Phi) is 3.85. The molecule has 2 saturated heterocycles. The summed E-state index contributed by atoms with van der Waals surface area (Å²) in [5.41, 5.74) is -0.401. The number of fused-ring (bicyclic) bond motifs is 1. The molecule has 18 heavy (non-hydrogen) atoms. The van der Waals surface area contributed by atoms with E-state index >= 15 is 0 Å². The van der Waals surface area contributed by atoms with Crippen molar-refractivity contribution in [3.8, 4) is 0 Å². The molecule has 2 heterocycles. The molecule has 1 N–H and O–H groups in total. The number of nitrogens with zero attached hydrogens (tertiary/aromatic N) is 1. The number of ether oxygens (including phenoxy) is 1. The molecule has 2 aliphatic heterocycles. The molecular weight excluding hydrogens is 228 g/mol. The Morgan fingerprint density at radius 3 is 2.72 bits per heavy atom. The maximum Gasteiger partial charge on any atom is 0.410 e. The highest BCUT2D eigenvalue weighted by atomic mass is 16.6. The summed E-state index contributed by atoms with van der Waals surface area (Å²) in [6, 6.07) is 0.581. The van der Waals surface area contributed by atoms with Crippen molar-refractivity contribution in [1.29, 1.82) is 0 Å². The molecule has 104 valence electrons. The summed E-state index contributed by atoms with van der Waals surface area (Å²) in [5.74, 6) is 1.10. The molecule has 4 nitrogen and oxygen atoms in total. The van der Waals surface area contributed by atoms with Crippen molar-refractivity contribution in [2.24, 2.45) is 11.8 Å². The van der Waals surface area contributed by atoms with Gasteiger partial charge in [-0.25, -0.2) is 4.79 Å². The highest BCUT2D eigenvalue weighted by Crippen LogP contribution is 2.29. The second kappa shape index (κ2) is 5.08.